The third-order valence-electron chi connectivity index (χ3n) is 3.54. The zero-order chi connectivity index (χ0) is 15.1. The molecule has 0 spiro atoms. The highest BCUT2D eigenvalue weighted by Gasteiger charge is 2.14. The Morgan fingerprint density at radius 1 is 1.25 bits per heavy atom. The van der Waals surface area contributed by atoms with Gasteiger partial charge in [0.05, 0.1) is 6.10 Å². The number of aliphatic hydroxyl groups is 1. The summed E-state index contributed by atoms with van der Waals surface area (Å²) < 4.78 is 0. The van der Waals surface area contributed by atoms with Gasteiger partial charge in [-0.15, -0.1) is 0 Å². The molecule has 112 valence electrons. The first kappa shape index (κ1) is 16.5. The molecule has 0 bridgehead atoms. The van der Waals surface area contributed by atoms with Gasteiger partial charge in [0.15, 0.2) is 0 Å². The standard InChI is InChI=1S/C16H26N2O2/c1-5-12(3)11-18(6-2)16(20)17-15-9-7-14(8-10-15)13(4)19/h7-10,12-13,19H,5-6,11H2,1-4H3,(H,17,20). The lowest BCUT2D eigenvalue weighted by molar-refractivity contribution is 0.199. The second-order valence-corrected chi connectivity index (χ2v) is 5.28. The van der Waals surface area contributed by atoms with Crippen molar-refractivity contribution in [1.82, 2.24) is 4.90 Å². The van der Waals surface area contributed by atoms with Gasteiger partial charge in [0, 0.05) is 18.8 Å². The van der Waals surface area contributed by atoms with E-state index in [1.54, 1.807) is 6.92 Å². The highest BCUT2D eigenvalue weighted by atomic mass is 16.3. The van der Waals surface area contributed by atoms with E-state index in [-0.39, 0.29) is 6.03 Å². The van der Waals surface area contributed by atoms with E-state index < -0.39 is 6.10 Å². The highest BCUT2D eigenvalue weighted by molar-refractivity contribution is 5.89. The monoisotopic (exact) mass is 278 g/mol. The summed E-state index contributed by atoms with van der Waals surface area (Å²) in [4.78, 5) is 14.0. The smallest absolute Gasteiger partial charge is 0.321 e. The molecule has 0 fully saturated rings. The summed E-state index contributed by atoms with van der Waals surface area (Å²) in [5, 5.41) is 12.3. The van der Waals surface area contributed by atoms with Crippen molar-refractivity contribution in [2.45, 2.75) is 40.2 Å². The maximum absolute atomic E-state index is 12.2. The predicted molar refractivity (Wildman–Crippen MR) is 82.8 cm³/mol. The van der Waals surface area contributed by atoms with E-state index in [4.69, 9.17) is 0 Å². The minimum absolute atomic E-state index is 0.0717. The van der Waals surface area contributed by atoms with E-state index in [9.17, 15) is 9.90 Å². The average molecular weight is 278 g/mol. The fourth-order valence-corrected chi connectivity index (χ4v) is 1.91. The van der Waals surface area contributed by atoms with Crippen molar-refractivity contribution in [3.63, 3.8) is 0 Å². The number of anilines is 1. The second-order valence-electron chi connectivity index (χ2n) is 5.28. The highest BCUT2D eigenvalue weighted by Crippen LogP contribution is 2.16. The number of carbonyl (C=O) groups is 1. The Balaban J connectivity index is 2.63. The molecule has 0 heterocycles. The molecule has 1 rings (SSSR count). The Kier molecular flexibility index (Phi) is 6.52. The van der Waals surface area contributed by atoms with Gasteiger partial charge in [0.1, 0.15) is 0 Å². The van der Waals surface area contributed by atoms with Crippen molar-refractivity contribution in [2.24, 2.45) is 5.92 Å². The summed E-state index contributed by atoms with van der Waals surface area (Å²) in [6.07, 6.45) is 0.574. The van der Waals surface area contributed by atoms with Crippen LogP contribution in [-0.2, 0) is 0 Å². The molecule has 2 atom stereocenters. The van der Waals surface area contributed by atoms with Crippen LogP contribution in [0.25, 0.3) is 0 Å². The molecule has 0 aliphatic heterocycles. The van der Waals surface area contributed by atoms with E-state index in [0.717, 1.165) is 24.2 Å². The SMILES string of the molecule is CCC(C)CN(CC)C(=O)Nc1ccc(C(C)O)cc1. The van der Waals surface area contributed by atoms with Crippen LogP contribution >= 0.6 is 0 Å². The normalized spacial score (nSPS) is 13.7. The third kappa shape index (κ3) is 4.85. The first-order valence-corrected chi connectivity index (χ1v) is 7.31. The molecule has 0 radical (unpaired) electrons. The summed E-state index contributed by atoms with van der Waals surface area (Å²) in [5.41, 5.74) is 1.59. The number of amides is 2. The topological polar surface area (TPSA) is 52.6 Å². The average Bonchev–Trinajstić information content (AvgIpc) is 2.44. The first-order chi connectivity index (χ1) is 9.47. The third-order valence-corrected chi connectivity index (χ3v) is 3.54. The molecule has 1 aromatic rings. The largest absolute Gasteiger partial charge is 0.389 e. The first-order valence-electron chi connectivity index (χ1n) is 7.31. The fraction of sp³-hybridized carbons (Fsp3) is 0.562. The van der Waals surface area contributed by atoms with Crippen LogP contribution in [0.4, 0.5) is 10.5 Å². The van der Waals surface area contributed by atoms with Gasteiger partial charge in [0.2, 0.25) is 0 Å². The zero-order valence-electron chi connectivity index (χ0n) is 12.9. The maximum atomic E-state index is 12.2. The number of nitrogens with zero attached hydrogens (tertiary/aromatic N) is 1. The molecule has 20 heavy (non-hydrogen) atoms. The molecule has 1 aromatic carbocycles. The number of nitrogens with one attached hydrogen (secondary N) is 1. The quantitative estimate of drug-likeness (QED) is 0.834. The molecule has 0 aromatic heterocycles. The van der Waals surface area contributed by atoms with Crippen molar-refractivity contribution in [1.29, 1.82) is 0 Å². The molecular formula is C16H26N2O2. The molecule has 4 heteroatoms. The minimum Gasteiger partial charge on any atom is -0.389 e. The molecule has 2 amide bonds. The van der Waals surface area contributed by atoms with Crippen molar-refractivity contribution in [2.75, 3.05) is 18.4 Å². The molecule has 2 unspecified atom stereocenters. The Hall–Kier alpha value is -1.55. The number of aliphatic hydroxyl groups excluding tert-OH is 1. The van der Waals surface area contributed by atoms with E-state index in [1.165, 1.54) is 0 Å². The van der Waals surface area contributed by atoms with Crippen molar-refractivity contribution < 1.29 is 9.90 Å². The molecule has 0 saturated heterocycles. The van der Waals surface area contributed by atoms with E-state index >= 15 is 0 Å². The van der Waals surface area contributed by atoms with Gasteiger partial charge in [-0.1, -0.05) is 32.4 Å². The lowest BCUT2D eigenvalue weighted by Gasteiger charge is -2.24. The van der Waals surface area contributed by atoms with Gasteiger partial charge in [-0.25, -0.2) is 4.79 Å². The Morgan fingerprint density at radius 2 is 1.85 bits per heavy atom. The van der Waals surface area contributed by atoms with Crippen molar-refractivity contribution >= 4 is 11.7 Å². The van der Waals surface area contributed by atoms with Gasteiger partial charge < -0.3 is 15.3 Å². The summed E-state index contributed by atoms with van der Waals surface area (Å²) in [6, 6.07) is 7.21. The Labute approximate surface area is 121 Å². The molecule has 4 nitrogen and oxygen atoms in total. The summed E-state index contributed by atoms with van der Waals surface area (Å²) >= 11 is 0. The van der Waals surface area contributed by atoms with Crippen LogP contribution in [0.1, 0.15) is 45.8 Å². The summed E-state index contributed by atoms with van der Waals surface area (Å²) in [5.74, 6) is 0.498. The van der Waals surface area contributed by atoms with Crippen LogP contribution < -0.4 is 5.32 Å². The maximum Gasteiger partial charge on any atom is 0.321 e. The number of hydrogen-bond donors (Lipinski definition) is 2. The number of rotatable bonds is 6. The van der Waals surface area contributed by atoms with Crippen LogP contribution in [0.3, 0.4) is 0 Å². The number of hydrogen-bond acceptors (Lipinski definition) is 2. The van der Waals surface area contributed by atoms with E-state index in [0.29, 0.717) is 12.5 Å². The summed E-state index contributed by atoms with van der Waals surface area (Å²) in [6.45, 7) is 9.45. The summed E-state index contributed by atoms with van der Waals surface area (Å²) in [7, 11) is 0. The van der Waals surface area contributed by atoms with Crippen LogP contribution in [0, 0.1) is 5.92 Å². The van der Waals surface area contributed by atoms with Crippen LogP contribution in [0.5, 0.6) is 0 Å². The number of urea groups is 1. The fourth-order valence-electron chi connectivity index (χ4n) is 1.91. The van der Waals surface area contributed by atoms with Crippen LogP contribution in [-0.4, -0.2) is 29.1 Å². The molecule has 0 aliphatic rings. The number of carbonyl (C=O) groups excluding carboxylic acids is 1. The Morgan fingerprint density at radius 3 is 2.30 bits per heavy atom. The van der Waals surface area contributed by atoms with Gasteiger partial charge in [0.25, 0.3) is 0 Å². The molecule has 2 N–H and O–H groups in total. The minimum atomic E-state index is -0.489. The van der Waals surface area contributed by atoms with E-state index in [2.05, 4.69) is 19.2 Å². The molecular weight excluding hydrogens is 252 g/mol. The van der Waals surface area contributed by atoms with Crippen molar-refractivity contribution in [3.05, 3.63) is 29.8 Å². The molecule has 0 saturated carbocycles. The lowest BCUT2D eigenvalue weighted by Crippen LogP contribution is -2.37. The van der Waals surface area contributed by atoms with Gasteiger partial charge in [-0.2, -0.15) is 0 Å². The van der Waals surface area contributed by atoms with Gasteiger partial charge in [-0.3, -0.25) is 0 Å². The van der Waals surface area contributed by atoms with Crippen LogP contribution in [0.15, 0.2) is 24.3 Å². The van der Waals surface area contributed by atoms with Gasteiger partial charge >= 0.3 is 6.03 Å². The van der Waals surface area contributed by atoms with Crippen LogP contribution in [0.2, 0.25) is 0 Å². The number of benzene rings is 1. The Bertz CT molecular complexity index is 415. The second kappa shape index (κ2) is 7.90. The lowest BCUT2D eigenvalue weighted by atomic mass is 10.1. The van der Waals surface area contributed by atoms with E-state index in [1.807, 2.05) is 36.1 Å². The molecule has 0 aliphatic carbocycles. The predicted octanol–water partition coefficient (Wildman–Crippen LogP) is 3.64. The van der Waals surface area contributed by atoms with Gasteiger partial charge in [-0.05, 0) is 37.5 Å². The zero-order valence-corrected chi connectivity index (χ0v) is 12.9. The van der Waals surface area contributed by atoms with Crippen molar-refractivity contribution in [3.8, 4) is 0 Å².